The second kappa shape index (κ2) is 6.04. The third-order valence-corrected chi connectivity index (χ3v) is 5.50. The van der Waals surface area contributed by atoms with E-state index in [2.05, 4.69) is 5.32 Å². The molecular formula is C15H24N2O4S. The third-order valence-electron chi connectivity index (χ3n) is 4.26. The van der Waals surface area contributed by atoms with E-state index in [1.54, 1.807) is 19.9 Å². The Morgan fingerprint density at radius 2 is 2.00 bits per heavy atom. The van der Waals surface area contributed by atoms with Crippen molar-refractivity contribution in [3.63, 3.8) is 0 Å². The number of nitrogens with one attached hydrogen (secondary N) is 1. The maximum Gasteiger partial charge on any atom is 0.255 e. The van der Waals surface area contributed by atoms with Crippen molar-refractivity contribution in [1.82, 2.24) is 9.62 Å². The van der Waals surface area contributed by atoms with Gasteiger partial charge in [0.25, 0.3) is 5.91 Å². The van der Waals surface area contributed by atoms with Crippen molar-refractivity contribution in [1.29, 1.82) is 0 Å². The number of aryl methyl sites for hydroxylation is 2. The fraction of sp³-hybridized carbons (Fsp3) is 0.667. The average Bonchev–Trinajstić information content (AvgIpc) is 2.92. The van der Waals surface area contributed by atoms with E-state index in [9.17, 15) is 13.2 Å². The fourth-order valence-corrected chi connectivity index (χ4v) is 3.87. The molecule has 0 saturated carbocycles. The van der Waals surface area contributed by atoms with Crippen LogP contribution in [0.1, 0.15) is 35.7 Å². The summed E-state index contributed by atoms with van der Waals surface area (Å²) in [6.45, 7) is 8.40. The molecule has 1 aliphatic heterocycles. The highest BCUT2D eigenvalue weighted by Crippen LogP contribution is 2.26. The quantitative estimate of drug-likeness (QED) is 0.909. The number of carbonyl (C=O) groups is 1. The molecule has 6 nitrogen and oxygen atoms in total. The SMILES string of the molecule is Cc1cc(C(=O)N[C@H]2CN(S(C)(=O)=O)C[C@@H]2C(C)C)c(C)o1. The normalized spacial score (nSPS) is 23.2. The van der Waals surface area contributed by atoms with Crippen LogP contribution in [0.3, 0.4) is 0 Å². The Morgan fingerprint density at radius 3 is 2.45 bits per heavy atom. The Bertz CT molecular complexity index is 663. The monoisotopic (exact) mass is 328 g/mol. The van der Waals surface area contributed by atoms with Crippen molar-refractivity contribution >= 4 is 15.9 Å². The van der Waals surface area contributed by atoms with E-state index in [4.69, 9.17) is 4.42 Å². The van der Waals surface area contributed by atoms with Crippen LogP contribution in [-0.2, 0) is 10.0 Å². The van der Waals surface area contributed by atoms with Gasteiger partial charge in [0.1, 0.15) is 11.5 Å². The van der Waals surface area contributed by atoms with Gasteiger partial charge in [-0.25, -0.2) is 8.42 Å². The predicted octanol–water partition coefficient (Wildman–Crippen LogP) is 1.54. The van der Waals surface area contributed by atoms with E-state index < -0.39 is 10.0 Å². The lowest BCUT2D eigenvalue weighted by atomic mass is 9.91. The molecule has 1 amide bonds. The summed E-state index contributed by atoms with van der Waals surface area (Å²) in [5.41, 5.74) is 0.512. The summed E-state index contributed by atoms with van der Waals surface area (Å²) < 4.78 is 30.3. The summed E-state index contributed by atoms with van der Waals surface area (Å²) in [5, 5.41) is 2.98. The smallest absolute Gasteiger partial charge is 0.255 e. The first-order valence-corrected chi connectivity index (χ1v) is 9.27. The Morgan fingerprint density at radius 1 is 1.36 bits per heavy atom. The van der Waals surface area contributed by atoms with Crippen molar-refractivity contribution in [2.45, 2.75) is 33.7 Å². The van der Waals surface area contributed by atoms with Crippen LogP contribution >= 0.6 is 0 Å². The Balaban J connectivity index is 2.16. The van der Waals surface area contributed by atoms with Gasteiger partial charge in [-0.3, -0.25) is 4.79 Å². The summed E-state index contributed by atoms with van der Waals surface area (Å²) >= 11 is 0. The van der Waals surface area contributed by atoms with Crippen molar-refractivity contribution in [3.05, 3.63) is 23.2 Å². The lowest BCUT2D eigenvalue weighted by Gasteiger charge is -2.22. The van der Waals surface area contributed by atoms with Crippen LogP contribution in [0.15, 0.2) is 10.5 Å². The van der Waals surface area contributed by atoms with Gasteiger partial charge in [0.05, 0.1) is 11.8 Å². The molecule has 124 valence electrons. The highest BCUT2D eigenvalue weighted by Gasteiger charge is 2.39. The summed E-state index contributed by atoms with van der Waals surface area (Å²) in [5.74, 6) is 1.44. The molecule has 7 heteroatoms. The van der Waals surface area contributed by atoms with E-state index in [0.29, 0.717) is 30.2 Å². The standard InChI is InChI=1S/C15H24N2O4S/c1-9(2)13-7-17(22(5,19)20)8-14(13)16-15(18)12-6-10(3)21-11(12)4/h6,9,13-14H,7-8H2,1-5H3,(H,16,18)/t13-,14+/m1/s1. The topological polar surface area (TPSA) is 79.6 Å². The maximum absolute atomic E-state index is 12.4. The first kappa shape index (κ1) is 17.0. The number of nitrogens with zero attached hydrogens (tertiary/aromatic N) is 1. The molecule has 2 atom stereocenters. The molecular weight excluding hydrogens is 304 g/mol. The van der Waals surface area contributed by atoms with E-state index in [1.807, 2.05) is 13.8 Å². The molecule has 1 saturated heterocycles. The van der Waals surface area contributed by atoms with Gasteiger partial charge >= 0.3 is 0 Å². The molecule has 0 unspecified atom stereocenters. The molecule has 2 heterocycles. The van der Waals surface area contributed by atoms with E-state index in [-0.39, 0.29) is 23.8 Å². The Kier molecular flexibility index (Phi) is 4.67. The van der Waals surface area contributed by atoms with Gasteiger partial charge in [-0.15, -0.1) is 0 Å². The van der Waals surface area contributed by atoms with Crippen LogP contribution < -0.4 is 5.32 Å². The van der Waals surface area contributed by atoms with E-state index in [1.165, 1.54) is 10.6 Å². The summed E-state index contributed by atoms with van der Waals surface area (Å²) in [6.07, 6.45) is 1.21. The van der Waals surface area contributed by atoms with Crippen LogP contribution in [0.25, 0.3) is 0 Å². The molecule has 2 rings (SSSR count). The number of furan rings is 1. The molecule has 0 aliphatic carbocycles. The lowest BCUT2D eigenvalue weighted by molar-refractivity contribution is 0.0924. The van der Waals surface area contributed by atoms with Gasteiger partial charge in [-0.1, -0.05) is 13.8 Å². The van der Waals surface area contributed by atoms with Gasteiger partial charge in [-0.05, 0) is 31.7 Å². The second-order valence-electron chi connectivity index (χ2n) is 6.39. The molecule has 1 aliphatic rings. The number of amides is 1. The molecule has 1 aromatic heterocycles. The number of hydrogen-bond acceptors (Lipinski definition) is 4. The first-order valence-electron chi connectivity index (χ1n) is 7.42. The average molecular weight is 328 g/mol. The molecule has 0 radical (unpaired) electrons. The summed E-state index contributed by atoms with van der Waals surface area (Å²) in [7, 11) is -3.24. The molecule has 1 fully saturated rings. The van der Waals surface area contributed by atoms with E-state index >= 15 is 0 Å². The van der Waals surface area contributed by atoms with Crippen molar-refractivity contribution in [2.75, 3.05) is 19.3 Å². The molecule has 1 aromatic rings. The third kappa shape index (κ3) is 3.52. The minimum atomic E-state index is -3.24. The molecule has 22 heavy (non-hydrogen) atoms. The minimum Gasteiger partial charge on any atom is -0.466 e. The fourth-order valence-electron chi connectivity index (χ4n) is 2.99. The van der Waals surface area contributed by atoms with Gasteiger partial charge in [-0.2, -0.15) is 4.31 Å². The van der Waals surface area contributed by atoms with E-state index in [0.717, 1.165) is 0 Å². The van der Waals surface area contributed by atoms with Gasteiger partial charge in [0.2, 0.25) is 10.0 Å². The minimum absolute atomic E-state index is 0.104. The highest BCUT2D eigenvalue weighted by atomic mass is 32.2. The van der Waals surface area contributed by atoms with Crippen LogP contribution in [0.4, 0.5) is 0 Å². The number of hydrogen-bond donors (Lipinski definition) is 1. The van der Waals surface area contributed by atoms with Crippen molar-refractivity contribution < 1.29 is 17.6 Å². The van der Waals surface area contributed by atoms with Crippen LogP contribution in [0.5, 0.6) is 0 Å². The maximum atomic E-state index is 12.4. The van der Waals surface area contributed by atoms with Gasteiger partial charge in [0, 0.05) is 19.1 Å². The molecule has 0 spiro atoms. The zero-order valence-electron chi connectivity index (χ0n) is 13.7. The number of carbonyl (C=O) groups excluding carboxylic acids is 1. The summed E-state index contributed by atoms with van der Waals surface area (Å²) in [6, 6.07) is 1.52. The summed E-state index contributed by atoms with van der Waals surface area (Å²) in [4.78, 5) is 12.4. The number of rotatable bonds is 4. The van der Waals surface area contributed by atoms with Crippen LogP contribution in [0.2, 0.25) is 0 Å². The van der Waals surface area contributed by atoms with Crippen LogP contribution in [0, 0.1) is 25.7 Å². The molecule has 0 aromatic carbocycles. The van der Waals surface area contributed by atoms with Gasteiger partial charge < -0.3 is 9.73 Å². The zero-order chi connectivity index (χ0) is 16.7. The first-order chi connectivity index (χ1) is 10.1. The second-order valence-corrected chi connectivity index (χ2v) is 8.38. The lowest BCUT2D eigenvalue weighted by Crippen LogP contribution is -2.42. The Labute approximate surface area is 131 Å². The molecule has 0 bridgehead atoms. The van der Waals surface area contributed by atoms with Crippen LogP contribution in [-0.4, -0.2) is 44.0 Å². The van der Waals surface area contributed by atoms with Gasteiger partial charge in [0.15, 0.2) is 0 Å². The van der Waals surface area contributed by atoms with Crippen molar-refractivity contribution in [3.8, 4) is 0 Å². The highest BCUT2D eigenvalue weighted by molar-refractivity contribution is 7.88. The zero-order valence-corrected chi connectivity index (χ0v) is 14.5. The molecule has 1 N–H and O–H groups in total. The number of sulfonamides is 1. The van der Waals surface area contributed by atoms with Crippen molar-refractivity contribution in [2.24, 2.45) is 11.8 Å². The predicted molar refractivity (Wildman–Crippen MR) is 84.2 cm³/mol. The largest absolute Gasteiger partial charge is 0.466 e. The Hall–Kier alpha value is -1.34.